The fourth-order valence-electron chi connectivity index (χ4n) is 1.08. The topological polar surface area (TPSA) is 47.8 Å². The van der Waals surface area contributed by atoms with E-state index in [1.165, 1.54) is 0 Å². The Hall–Kier alpha value is -0.840. The van der Waals surface area contributed by atoms with Gasteiger partial charge in [0, 0.05) is 18.5 Å². The van der Waals surface area contributed by atoms with Gasteiger partial charge < -0.3 is 0 Å². The van der Waals surface area contributed by atoms with Crippen LogP contribution >= 0.6 is 11.8 Å². The number of thioether (sulfide) groups is 1. The number of hydrogen-bond donors (Lipinski definition) is 0. The molecule has 0 fully saturated rings. The minimum Gasteiger partial charge on any atom is -0.298 e. The minimum atomic E-state index is 0.223. The van der Waals surface area contributed by atoms with Gasteiger partial charge in [-0.3, -0.25) is 9.48 Å². The van der Waals surface area contributed by atoms with E-state index in [2.05, 4.69) is 24.2 Å². The summed E-state index contributed by atoms with van der Waals surface area (Å²) in [5.74, 6) is 0.798. The van der Waals surface area contributed by atoms with E-state index in [1.807, 2.05) is 0 Å². The summed E-state index contributed by atoms with van der Waals surface area (Å²) in [6.07, 6.45) is 3.28. The van der Waals surface area contributed by atoms with Crippen LogP contribution in [0.5, 0.6) is 0 Å². The molecule has 1 heterocycles. The zero-order valence-electron chi connectivity index (χ0n) is 9.43. The average Bonchev–Trinajstić information content (AvgIpc) is 2.60. The van der Waals surface area contributed by atoms with Crippen molar-refractivity contribution < 1.29 is 4.79 Å². The summed E-state index contributed by atoms with van der Waals surface area (Å²) in [7, 11) is 1.80. The molecule has 0 N–H and O–H groups in total. The minimum absolute atomic E-state index is 0.223. The quantitative estimate of drug-likeness (QED) is 0.738. The monoisotopic (exact) mass is 227 g/mol. The first-order valence-electron chi connectivity index (χ1n) is 5.10. The van der Waals surface area contributed by atoms with Crippen LogP contribution in [0.3, 0.4) is 0 Å². The summed E-state index contributed by atoms with van der Waals surface area (Å²) < 4.78 is 1.62. The Morgan fingerprint density at radius 2 is 2.40 bits per heavy atom. The molecule has 4 nitrogen and oxygen atoms in total. The van der Waals surface area contributed by atoms with Gasteiger partial charge >= 0.3 is 0 Å². The largest absolute Gasteiger partial charge is 0.298 e. The fraction of sp³-hybridized carbons (Fsp3) is 0.700. The summed E-state index contributed by atoms with van der Waals surface area (Å²) in [5, 5.41) is 8.23. The van der Waals surface area contributed by atoms with E-state index in [0.29, 0.717) is 17.4 Å². The van der Waals surface area contributed by atoms with Crippen LogP contribution in [0.25, 0.3) is 0 Å². The van der Waals surface area contributed by atoms with Crippen LogP contribution in [0.2, 0.25) is 0 Å². The highest BCUT2D eigenvalue weighted by atomic mass is 32.2. The second kappa shape index (κ2) is 5.90. The van der Waals surface area contributed by atoms with Gasteiger partial charge in [0.05, 0.1) is 17.9 Å². The van der Waals surface area contributed by atoms with Crippen molar-refractivity contribution in [3.63, 3.8) is 0 Å². The molecule has 0 saturated heterocycles. The molecule has 0 aliphatic heterocycles. The molecule has 1 rings (SSSR count). The highest BCUT2D eigenvalue weighted by molar-refractivity contribution is 8.00. The molecule has 1 unspecified atom stereocenters. The molecular formula is C10H17N3OS. The van der Waals surface area contributed by atoms with Crippen molar-refractivity contribution in [2.24, 2.45) is 7.05 Å². The molecule has 1 aromatic rings. The Kier molecular flexibility index (Phi) is 4.81. The van der Waals surface area contributed by atoms with Crippen molar-refractivity contribution in [1.29, 1.82) is 0 Å². The maximum absolute atomic E-state index is 11.5. The Bertz CT molecular complexity index is 324. The van der Waals surface area contributed by atoms with Gasteiger partial charge in [0.2, 0.25) is 0 Å². The molecule has 5 heteroatoms. The third-order valence-corrected chi connectivity index (χ3v) is 3.52. The van der Waals surface area contributed by atoms with Crippen LogP contribution in [0.1, 0.15) is 26.0 Å². The Balaban J connectivity index is 2.30. The van der Waals surface area contributed by atoms with E-state index in [4.69, 9.17) is 0 Å². The number of nitrogens with zero attached hydrogens (tertiary/aromatic N) is 3. The molecule has 84 valence electrons. The predicted molar refractivity (Wildman–Crippen MR) is 61.9 cm³/mol. The van der Waals surface area contributed by atoms with Gasteiger partial charge in [-0.1, -0.05) is 19.1 Å². The summed E-state index contributed by atoms with van der Waals surface area (Å²) in [4.78, 5) is 11.5. The van der Waals surface area contributed by atoms with E-state index in [9.17, 15) is 4.79 Å². The maximum Gasteiger partial charge on any atom is 0.148 e. The molecule has 0 aliphatic carbocycles. The molecule has 0 radical (unpaired) electrons. The van der Waals surface area contributed by atoms with Gasteiger partial charge in [-0.2, -0.15) is 11.8 Å². The van der Waals surface area contributed by atoms with Crippen molar-refractivity contribution in [3.8, 4) is 0 Å². The second-order valence-electron chi connectivity index (χ2n) is 3.63. The third kappa shape index (κ3) is 4.46. The lowest BCUT2D eigenvalue weighted by Crippen LogP contribution is -2.08. The van der Waals surface area contributed by atoms with Crippen molar-refractivity contribution >= 4 is 17.5 Å². The normalized spacial score (nSPS) is 12.7. The molecule has 0 spiro atoms. The van der Waals surface area contributed by atoms with E-state index < -0.39 is 0 Å². The van der Waals surface area contributed by atoms with Crippen LogP contribution in [-0.2, 0) is 18.3 Å². The lowest BCUT2D eigenvalue weighted by Gasteiger charge is -2.05. The first-order valence-corrected chi connectivity index (χ1v) is 6.15. The molecule has 0 saturated carbocycles. The highest BCUT2D eigenvalue weighted by Gasteiger charge is 2.08. The molecule has 0 bridgehead atoms. The van der Waals surface area contributed by atoms with E-state index in [-0.39, 0.29) is 5.78 Å². The number of carbonyl (C=O) groups excluding carboxylic acids is 1. The molecule has 0 aliphatic rings. The van der Waals surface area contributed by atoms with Crippen molar-refractivity contribution in [2.45, 2.75) is 31.9 Å². The van der Waals surface area contributed by atoms with Gasteiger partial charge in [-0.25, -0.2) is 0 Å². The van der Waals surface area contributed by atoms with Crippen LogP contribution in [-0.4, -0.2) is 31.8 Å². The smallest absolute Gasteiger partial charge is 0.148 e. The summed E-state index contributed by atoms with van der Waals surface area (Å²) >= 11 is 1.71. The number of hydrogen-bond acceptors (Lipinski definition) is 4. The van der Waals surface area contributed by atoms with Gasteiger partial charge in [-0.05, 0) is 6.42 Å². The average molecular weight is 227 g/mol. The van der Waals surface area contributed by atoms with Crippen LogP contribution in [0.15, 0.2) is 6.20 Å². The zero-order valence-corrected chi connectivity index (χ0v) is 10.3. The maximum atomic E-state index is 11.5. The zero-order chi connectivity index (χ0) is 11.3. The molecule has 15 heavy (non-hydrogen) atoms. The SMILES string of the molecule is CCC(C)SCC(=O)Cc1cn(C)nn1. The number of carbonyl (C=O) groups is 1. The van der Waals surface area contributed by atoms with Gasteiger partial charge in [-0.15, -0.1) is 5.10 Å². The number of rotatable bonds is 6. The molecular weight excluding hydrogens is 210 g/mol. The van der Waals surface area contributed by atoms with E-state index >= 15 is 0 Å². The lowest BCUT2D eigenvalue weighted by atomic mass is 10.2. The highest BCUT2D eigenvalue weighted by Crippen LogP contribution is 2.13. The summed E-state index contributed by atoms with van der Waals surface area (Å²) in [5.41, 5.74) is 0.757. The fourth-order valence-corrected chi connectivity index (χ4v) is 1.89. The summed E-state index contributed by atoms with van der Waals surface area (Å²) in [6, 6.07) is 0. The first kappa shape index (κ1) is 12.2. The van der Waals surface area contributed by atoms with E-state index in [1.54, 1.807) is 29.7 Å². The van der Waals surface area contributed by atoms with Crippen LogP contribution < -0.4 is 0 Å². The third-order valence-electron chi connectivity index (χ3n) is 2.13. The summed E-state index contributed by atoms with van der Waals surface area (Å²) in [6.45, 7) is 4.27. The van der Waals surface area contributed by atoms with Crippen LogP contribution in [0.4, 0.5) is 0 Å². The number of Topliss-reactive ketones (excluding diaryl/α,β-unsaturated/α-hetero) is 1. The molecule has 1 aromatic heterocycles. The first-order chi connectivity index (χ1) is 7.11. The Labute approximate surface area is 94.4 Å². The van der Waals surface area contributed by atoms with Crippen molar-refractivity contribution in [3.05, 3.63) is 11.9 Å². The van der Waals surface area contributed by atoms with Crippen molar-refractivity contribution in [2.75, 3.05) is 5.75 Å². The number of aryl methyl sites for hydroxylation is 1. The van der Waals surface area contributed by atoms with Crippen molar-refractivity contribution in [1.82, 2.24) is 15.0 Å². The number of aromatic nitrogens is 3. The second-order valence-corrected chi connectivity index (χ2v) is 5.06. The van der Waals surface area contributed by atoms with Gasteiger partial charge in [0.25, 0.3) is 0 Å². The standard InChI is InChI=1S/C10H17N3OS/c1-4-8(2)15-7-10(14)5-9-6-13(3)12-11-9/h6,8H,4-5,7H2,1-3H3. The molecule has 0 aromatic carbocycles. The molecule has 1 atom stereocenters. The van der Waals surface area contributed by atoms with Gasteiger partial charge in [0.15, 0.2) is 0 Å². The Morgan fingerprint density at radius 1 is 1.67 bits per heavy atom. The lowest BCUT2D eigenvalue weighted by molar-refractivity contribution is -0.116. The van der Waals surface area contributed by atoms with Gasteiger partial charge in [0.1, 0.15) is 5.78 Å². The predicted octanol–water partition coefficient (Wildman–Crippen LogP) is 1.46. The van der Waals surface area contributed by atoms with E-state index in [0.717, 1.165) is 12.1 Å². The Morgan fingerprint density at radius 3 is 2.93 bits per heavy atom. The number of ketones is 1. The molecule has 0 amide bonds. The van der Waals surface area contributed by atoms with Crippen LogP contribution in [0, 0.1) is 0 Å².